The zero-order chi connectivity index (χ0) is 9.14. The standard InChI is InChI=1S/C10H14BrN/c1-4-8(2)10-9(11)6-5-7-12(10)3/h5-6H,2,4,7H2,1,3H3. The minimum Gasteiger partial charge on any atom is -0.370 e. The fourth-order valence-electron chi connectivity index (χ4n) is 1.27. The van der Waals surface area contributed by atoms with E-state index < -0.39 is 0 Å². The molecule has 0 aliphatic carbocycles. The molecular weight excluding hydrogens is 214 g/mol. The molecule has 2 heteroatoms. The van der Waals surface area contributed by atoms with Crippen molar-refractivity contribution in [1.29, 1.82) is 0 Å². The molecule has 12 heavy (non-hydrogen) atoms. The van der Waals surface area contributed by atoms with E-state index in [1.165, 1.54) is 11.3 Å². The summed E-state index contributed by atoms with van der Waals surface area (Å²) in [4.78, 5) is 2.20. The molecule has 1 nitrogen and oxygen atoms in total. The van der Waals surface area contributed by atoms with Gasteiger partial charge in [-0.1, -0.05) is 19.6 Å². The maximum Gasteiger partial charge on any atom is 0.0537 e. The Hall–Kier alpha value is -0.500. The van der Waals surface area contributed by atoms with Crippen LogP contribution in [0.25, 0.3) is 0 Å². The van der Waals surface area contributed by atoms with E-state index in [0.717, 1.165) is 17.4 Å². The van der Waals surface area contributed by atoms with Crippen LogP contribution >= 0.6 is 15.9 Å². The van der Waals surface area contributed by atoms with Crippen molar-refractivity contribution in [3.8, 4) is 0 Å². The molecule has 0 saturated heterocycles. The van der Waals surface area contributed by atoms with Gasteiger partial charge >= 0.3 is 0 Å². The Morgan fingerprint density at radius 1 is 1.75 bits per heavy atom. The lowest BCUT2D eigenvalue weighted by molar-refractivity contribution is 0.464. The van der Waals surface area contributed by atoms with Crippen LogP contribution in [0, 0.1) is 0 Å². The van der Waals surface area contributed by atoms with Crippen molar-refractivity contribution in [3.05, 3.63) is 34.5 Å². The molecule has 0 N–H and O–H groups in total. The Bertz CT molecular complexity index is 251. The summed E-state index contributed by atoms with van der Waals surface area (Å²) < 4.78 is 1.14. The third kappa shape index (κ3) is 1.81. The third-order valence-corrected chi connectivity index (χ3v) is 2.65. The van der Waals surface area contributed by atoms with Crippen molar-refractivity contribution >= 4 is 15.9 Å². The molecule has 1 rings (SSSR count). The molecule has 0 spiro atoms. The highest BCUT2D eigenvalue weighted by molar-refractivity contribution is 9.11. The maximum absolute atomic E-state index is 4.03. The number of hydrogen-bond acceptors (Lipinski definition) is 1. The average Bonchev–Trinajstić information content (AvgIpc) is 2.03. The van der Waals surface area contributed by atoms with E-state index in [2.05, 4.69) is 53.5 Å². The fraction of sp³-hybridized carbons (Fsp3) is 0.400. The van der Waals surface area contributed by atoms with E-state index >= 15 is 0 Å². The summed E-state index contributed by atoms with van der Waals surface area (Å²) in [7, 11) is 2.08. The molecular formula is C10H14BrN. The van der Waals surface area contributed by atoms with E-state index in [-0.39, 0.29) is 0 Å². The molecule has 0 radical (unpaired) electrons. The Labute approximate surface area is 82.6 Å². The molecule has 0 saturated carbocycles. The van der Waals surface area contributed by atoms with Crippen molar-refractivity contribution in [2.75, 3.05) is 13.6 Å². The Balaban J connectivity index is 2.96. The first-order chi connectivity index (χ1) is 5.66. The first-order valence-electron chi connectivity index (χ1n) is 4.12. The largest absolute Gasteiger partial charge is 0.370 e. The predicted molar refractivity (Wildman–Crippen MR) is 57.2 cm³/mol. The highest BCUT2D eigenvalue weighted by atomic mass is 79.9. The van der Waals surface area contributed by atoms with Gasteiger partial charge in [-0.05, 0) is 34.0 Å². The SMILES string of the molecule is C=C(CC)C1=C(Br)C=CCN1C. The van der Waals surface area contributed by atoms with Gasteiger partial charge in [0, 0.05) is 18.1 Å². The van der Waals surface area contributed by atoms with Gasteiger partial charge in [0.15, 0.2) is 0 Å². The summed E-state index contributed by atoms with van der Waals surface area (Å²) >= 11 is 3.53. The number of rotatable bonds is 2. The normalized spacial score (nSPS) is 17.1. The van der Waals surface area contributed by atoms with Crippen molar-refractivity contribution in [2.24, 2.45) is 0 Å². The van der Waals surface area contributed by atoms with Crippen LogP contribution in [0.1, 0.15) is 13.3 Å². The second kappa shape index (κ2) is 3.94. The molecule has 0 fully saturated rings. The minimum absolute atomic E-state index is 0.976. The zero-order valence-corrected chi connectivity index (χ0v) is 9.19. The van der Waals surface area contributed by atoms with Crippen LogP contribution in [0.4, 0.5) is 0 Å². The van der Waals surface area contributed by atoms with Gasteiger partial charge < -0.3 is 4.90 Å². The molecule has 0 bridgehead atoms. The number of halogens is 1. The molecule has 0 amide bonds. The Kier molecular flexibility index (Phi) is 3.15. The summed E-state index contributed by atoms with van der Waals surface area (Å²) in [6.07, 6.45) is 5.23. The van der Waals surface area contributed by atoms with Gasteiger partial charge in [-0.3, -0.25) is 0 Å². The van der Waals surface area contributed by atoms with Gasteiger partial charge in [-0.2, -0.15) is 0 Å². The van der Waals surface area contributed by atoms with Crippen molar-refractivity contribution < 1.29 is 0 Å². The summed E-state index contributed by atoms with van der Waals surface area (Å²) in [6, 6.07) is 0. The highest BCUT2D eigenvalue weighted by Crippen LogP contribution is 2.26. The smallest absolute Gasteiger partial charge is 0.0537 e. The molecule has 0 atom stereocenters. The lowest BCUT2D eigenvalue weighted by Crippen LogP contribution is -2.21. The minimum atomic E-state index is 0.976. The molecule has 0 aromatic rings. The molecule has 0 aromatic heterocycles. The van der Waals surface area contributed by atoms with Crippen LogP contribution in [0.3, 0.4) is 0 Å². The van der Waals surface area contributed by atoms with E-state index in [4.69, 9.17) is 0 Å². The lowest BCUT2D eigenvalue weighted by Gasteiger charge is -2.26. The molecule has 0 aromatic carbocycles. The van der Waals surface area contributed by atoms with Crippen LogP contribution in [-0.2, 0) is 0 Å². The van der Waals surface area contributed by atoms with Crippen LogP contribution in [0.15, 0.2) is 34.5 Å². The van der Waals surface area contributed by atoms with Crippen molar-refractivity contribution in [3.63, 3.8) is 0 Å². The average molecular weight is 228 g/mol. The molecule has 1 heterocycles. The van der Waals surface area contributed by atoms with E-state index in [1.54, 1.807) is 0 Å². The lowest BCUT2D eigenvalue weighted by atomic mass is 10.1. The van der Waals surface area contributed by atoms with Crippen molar-refractivity contribution in [1.82, 2.24) is 4.90 Å². The summed E-state index contributed by atoms with van der Waals surface area (Å²) in [5, 5.41) is 0. The Morgan fingerprint density at radius 2 is 2.42 bits per heavy atom. The third-order valence-electron chi connectivity index (χ3n) is 2.01. The number of nitrogens with zero attached hydrogens (tertiary/aromatic N) is 1. The summed E-state index contributed by atoms with van der Waals surface area (Å²) in [5.41, 5.74) is 2.42. The second-order valence-electron chi connectivity index (χ2n) is 2.94. The Morgan fingerprint density at radius 3 is 2.92 bits per heavy atom. The van der Waals surface area contributed by atoms with Gasteiger partial charge in [0.1, 0.15) is 0 Å². The van der Waals surface area contributed by atoms with E-state index in [0.29, 0.717) is 0 Å². The van der Waals surface area contributed by atoms with E-state index in [9.17, 15) is 0 Å². The van der Waals surface area contributed by atoms with Gasteiger partial charge in [0.2, 0.25) is 0 Å². The number of hydrogen-bond donors (Lipinski definition) is 0. The highest BCUT2D eigenvalue weighted by Gasteiger charge is 2.12. The van der Waals surface area contributed by atoms with E-state index in [1.807, 2.05) is 0 Å². The quantitative estimate of drug-likeness (QED) is 0.702. The number of likely N-dealkylation sites (N-methyl/N-ethyl adjacent to an activating group) is 1. The molecule has 1 aliphatic heterocycles. The second-order valence-corrected chi connectivity index (χ2v) is 3.79. The van der Waals surface area contributed by atoms with Gasteiger partial charge in [-0.15, -0.1) is 0 Å². The summed E-state index contributed by atoms with van der Waals surface area (Å²) in [5.74, 6) is 0. The van der Waals surface area contributed by atoms with Crippen LogP contribution < -0.4 is 0 Å². The monoisotopic (exact) mass is 227 g/mol. The first-order valence-corrected chi connectivity index (χ1v) is 4.91. The van der Waals surface area contributed by atoms with Gasteiger partial charge in [-0.25, -0.2) is 0 Å². The van der Waals surface area contributed by atoms with Crippen molar-refractivity contribution in [2.45, 2.75) is 13.3 Å². The van der Waals surface area contributed by atoms with Crippen LogP contribution in [-0.4, -0.2) is 18.5 Å². The summed E-state index contributed by atoms with van der Waals surface area (Å²) in [6.45, 7) is 7.14. The van der Waals surface area contributed by atoms with Gasteiger partial charge in [0.25, 0.3) is 0 Å². The fourth-order valence-corrected chi connectivity index (χ4v) is 2.04. The molecule has 0 unspecified atom stereocenters. The zero-order valence-electron chi connectivity index (χ0n) is 7.60. The molecule has 66 valence electrons. The molecule has 1 aliphatic rings. The van der Waals surface area contributed by atoms with Crippen LogP contribution in [0.5, 0.6) is 0 Å². The van der Waals surface area contributed by atoms with Gasteiger partial charge in [0.05, 0.1) is 5.70 Å². The topological polar surface area (TPSA) is 3.24 Å². The number of allylic oxidation sites excluding steroid dienone is 3. The maximum atomic E-state index is 4.03. The van der Waals surface area contributed by atoms with Crippen LogP contribution in [0.2, 0.25) is 0 Å². The predicted octanol–water partition coefficient (Wildman–Crippen LogP) is 3.06. The first kappa shape index (κ1) is 9.59.